The van der Waals surface area contributed by atoms with Crippen LogP contribution in [0.3, 0.4) is 0 Å². The lowest BCUT2D eigenvalue weighted by molar-refractivity contribution is -0.128. The van der Waals surface area contributed by atoms with Gasteiger partial charge in [0.25, 0.3) is 0 Å². The van der Waals surface area contributed by atoms with E-state index in [1.165, 1.54) is 0 Å². The molecule has 0 aromatic carbocycles. The Hall–Kier alpha value is -0.610. The molecule has 2 aliphatic carbocycles. The Morgan fingerprint density at radius 2 is 1.75 bits per heavy atom. The Morgan fingerprint density at radius 3 is 2.31 bits per heavy atom. The molecule has 2 fully saturated rings. The third-order valence-corrected chi connectivity index (χ3v) is 3.48. The van der Waals surface area contributed by atoms with E-state index in [1.807, 2.05) is 7.05 Å². The van der Waals surface area contributed by atoms with Crippen molar-refractivity contribution in [1.29, 1.82) is 0 Å². The zero-order chi connectivity index (χ0) is 11.4. The van der Waals surface area contributed by atoms with Crippen molar-refractivity contribution in [3.63, 3.8) is 0 Å². The minimum absolute atomic E-state index is 0.0539. The van der Waals surface area contributed by atoms with Crippen LogP contribution in [0, 0.1) is 0 Å². The molecule has 0 aromatic heterocycles. The van der Waals surface area contributed by atoms with Gasteiger partial charge in [-0.3, -0.25) is 4.79 Å². The van der Waals surface area contributed by atoms with Crippen molar-refractivity contribution in [1.82, 2.24) is 10.6 Å². The van der Waals surface area contributed by atoms with Gasteiger partial charge in [-0.1, -0.05) is 0 Å². The summed E-state index contributed by atoms with van der Waals surface area (Å²) in [5.74, 6) is 0.0539. The lowest BCUT2D eigenvalue weighted by Gasteiger charge is -2.28. The van der Waals surface area contributed by atoms with E-state index in [9.17, 15) is 4.79 Å². The van der Waals surface area contributed by atoms with E-state index in [4.69, 9.17) is 4.74 Å². The number of nitrogens with one attached hydrogen (secondary N) is 2. The highest BCUT2D eigenvalue weighted by Gasteiger charge is 2.24. The fourth-order valence-electron chi connectivity index (χ4n) is 2.21. The predicted molar refractivity (Wildman–Crippen MR) is 62.2 cm³/mol. The number of hydrogen-bond acceptors (Lipinski definition) is 3. The summed E-state index contributed by atoms with van der Waals surface area (Å²) < 4.78 is 5.63. The molecule has 4 nitrogen and oxygen atoms in total. The normalized spacial score (nSPS) is 30.1. The maximum absolute atomic E-state index is 11.4. The van der Waals surface area contributed by atoms with Crippen molar-refractivity contribution in [2.24, 2.45) is 0 Å². The van der Waals surface area contributed by atoms with E-state index in [2.05, 4.69) is 10.6 Å². The van der Waals surface area contributed by atoms with Crippen LogP contribution in [0.15, 0.2) is 0 Å². The summed E-state index contributed by atoms with van der Waals surface area (Å²) in [6.07, 6.45) is 7.02. The summed E-state index contributed by atoms with van der Waals surface area (Å²) in [6.45, 7) is 0.241. The van der Waals surface area contributed by atoms with E-state index in [1.54, 1.807) is 0 Å². The van der Waals surface area contributed by atoms with Crippen LogP contribution in [0.4, 0.5) is 0 Å². The summed E-state index contributed by atoms with van der Waals surface area (Å²) >= 11 is 0. The van der Waals surface area contributed by atoms with Crippen LogP contribution < -0.4 is 10.6 Å². The first-order chi connectivity index (χ1) is 7.78. The lowest BCUT2D eigenvalue weighted by atomic mass is 9.93. The number of carbonyl (C=O) groups is 1. The van der Waals surface area contributed by atoms with Crippen LogP contribution in [0.1, 0.15) is 38.5 Å². The van der Waals surface area contributed by atoms with Gasteiger partial charge in [0, 0.05) is 12.1 Å². The molecule has 2 rings (SSSR count). The number of rotatable bonds is 5. The molecule has 0 radical (unpaired) electrons. The molecule has 0 spiro atoms. The van der Waals surface area contributed by atoms with E-state index in [0.29, 0.717) is 12.1 Å². The maximum atomic E-state index is 11.4. The van der Waals surface area contributed by atoms with Gasteiger partial charge in [-0.25, -0.2) is 0 Å². The Balaban J connectivity index is 1.57. The Labute approximate surface area is 97.1 Å². The van der Waals surface area contributed by atoms with Crippen molar-refractivity contribution < 1.29 is 9.53 Å². The smallest absolute Gasteiger partial charge is 0.246 e. The predicted octanol–water partition coefficient (Wildman–Crippen LogP) is 0.812. The lowest BCUT2D eigenvalue weighted by Crippen LogP contribution is -2.35. The van der Waals surface area contributed by atoms with Crippen LogP contribution in [-0.4, -0.2) is 37.7 Å². The van der Waals surface area contributed by atoms with E-state index in [-0.39, 0.29) is 18.6 Å². The quantitative estimate of drug-likeness (QED) is 0.729. The van der Waals surface area contributed by atoms with Crippen molar-refractivity contribution in [3.05, 3.63) is 0 Å². The van der Waals surface area contributed by atoms with Gasteiger partial charge in [0.2, 0.25) is 5.91 Å². The summed E-state index contributed by atoms with van der Waals surface area (Å²) in [4.78, 5) is 11.4. The van der Waals surface area contributed by atoms with E-state index < -0.39 is 0 Å². The van der Waals surface area contributed by atoms with Crippen LogP contribution in [-0.2, 0) is 9.53 Å². The summed E-state index contributed by atoms with van der Waals surface area (Å²) in [7, 11) is 2.01. The molecule has 0 heterocycles. The van der Waals surface area contributed by atoms with Gasteiger partial charge in [-0.2, -0.15) is 0 Å². The van der Waals surface area contributed by atoms with Crippen molar-refractivity contribution in [2.75, 3.05) is 13.7 Å². The van der Waals surface area contributed by atoms with Crippen molar-refractivity contribution in [3.8, 4) is 0 Å². The van der Waals surface area contributed by atoms with E-state index in [0.717, 1.165) is 38.5 Å². The minimum atomic E-state index is 0.0539. The van der Waals surface area contributed by atoms with Crippen LogP contribution in [0.5, 0.6) is 0 Å². The highest BCUT2D eigenvalue weighted by Crippen LogP contribution is 2.21. The molecule has 0 bridgehead atoms. The monoisotopic (exact) mass is 226 g/mol. The summed E-state index contributed by atoms with van der Waals surface area (Å²) in [5.41, 5.74) is 0. The first kappa shape index (κ1) is 11.9. The third-order valence-electron chi connectivity index (χ3n) is 3.48. The zero-order valence-electron chi connectivity index (χ0n) is 10.00. The Kier molecular flexibility index (Phi) is 4.18. The fraction of sp³-hybridized carbons (Fsp3) is 0.917. The molecule has 2 saturated carbocycles. The van der Waals surface area contributed by atoms with Crippen LogP contribution >= 0.6 is 0 Å². The Morgan fingerprint density at radius 1 is 1.12 bits per heavy atom. The largest absolute Gasteiger partial charge is 0.368 e. The highest BCUT2D eigenvalue weighted by molar-refractivity contribution is 5.77. The number of amides is 1. The molecule has 1 amide bonds. The van der Waals surface area contributed by atoms with Crippen LogP contribution in [0.25, 0.3) is 0 Å². The molecule has 0 aromatic rings. The first-order valence-corrected chi connectivity index (χ1v) is 6.36. The standard InChI is InChI=1S/C12H22N2O2/c1-13-9-4-6-11(7-5-9)16-8-12(15)14-10-2-3-10/h9-11,13H,2-8H2,1H3,(H,14,15). The van der Waals surface area contributed by atoms with Gasteiger partial charge in [0.1, 0.15) is 6.61 Å². The zero-order valence-corrected chi connectivity index (χ0v) is 10.00. The molecular formula is C12H22N2O2. The molecule has 0 unspecified atom stereocenters. The number of ether oxygens (including phenoxy) is 1. The molecule has 2 aliphatic rings. The van der Waals surface area contributed by atoms with Gasteiger partial charge in [0.15, 0.2) is 0 Å². The molecule has 2 N–H and O–H groups in total. The fourth-order valence-corrected chi connectivity index (χ4v) is 2.21. The molecule has 0 atom stereocenters. The third kappa shape index (κ3) is 3.76. The van der Waals surface area contributed by atoms with Gasteiger partial charge in [-0.15, -0.1) is 0 Å². The highest BCUT2D eigenvalue weighted by atomic mass is 16.5. The van der Waals surface area contributed by atoms with Crippen molar-refractivity contribution in [2.45, 2.75) is 56.7 Å². The topological polar surface area (TPSA) is 50.4 Å². The van der Waals surface area contributed by atoms with Gasteiger partial charge in [0.05, 0.1) is 6.10 Å². The molecule has 92 valence electrons. The molecule has 0 saturated heterocycles. The van der Waals surface area contributed by atoms with E-state index >= 15 is 0 Å². The Bertz CT molecular complexity index is 233. The first-order valence-electron chi connectivity index (χ1n) is 6.36. The second-order valence-corrected chi connectivity index (χ2v) is 4.92. The van der Waals surface area contributed by atoms with Gasteiger partial charge in [-0.05, 0) is 45.6 Å². The average Bonchev–Trinajstić information content (AvgIpc) is 3.11. The van der Waals surface area contributed by atoms with Gasteiger partial charge < -0.3 is 15.4 Å². The molecule has 0 aliphatic heterocycles. The second kappa shape index (κ2) is 5.64. The summed E-state index contributed by atoms with van der Waals surface area (Å²) in [5, 5.41) is 6.23. The number of hydrogen-bond donors (Lipinski definition) is 2. The second-order valence-electron chi connectivity index (χ2n) is 4.92. The van der Waals surface area contributed by atoms with Crippen molar-refractivity contribution >= 4 is 5.91 Å². The molecular weight excluding hydrogens is 204 g/mol. The van der Waals surface area contributed by atoms with Gasteiger partial charge >= 0.3 is 0 Å². The minimum Gasteiger partial charge on any atom is -0.368 e. The molecule has 4 heteroatoms. The summed E-state index contributed by atoms with van der Waals surface area (Å²) in [6, 6.07) is 1.08. The maximum Gasteiger partial charge on any atom is 0.246 e. The molecule has 16 heavy (non-hydrogen) atoms. The number of carbonyl (C=O) groups excluding carboxylic acids is 1. The average molecular weight is 226 g/mol. The van der Waals surface area contributed by atoms with Crippen LogP contribution in [0.2, 0.25) is 0 Å². The SMILES string of the molecule is CNC1CCC(OCC(=O)NC2CC2)CC1.